The lowest BCUT2D eigenvalue weighted by molar-refractivity contribution is -0.148. The fraction of sp³-hybridized carbons (Fsp3) is 0.500. The molecule has 7 nitrogen and oxygen atoms in total. The zero-order valence-corrected chi connectivity index (χ0v) is 14.7. The zero-order valence-electron chi connectivity index (χ0n) is 14.7. The minimum absolute atomic E-state index is 0.579. The molecule has 0 atom stereocenters. The monoisotopic (exact) mass is 341 g/mol. The predicted molar refractivity (Wildman–Crippen MR) is 92.9 cm³/mol. The summed E-state index contributed by atoms with van der Waals surface area (Å²) in [5.74, 6) is 2.97. The van der Waals surface area contributed by atoms with Gasteiger partial charge < -0.3 is 13.9 Å². The molecule has 0 bridgehead atoms. The number of fused-ring (bicyclic) bond motifs is 1. The number of rotatable bonds is 5. The van der Waals surface area contributed by atoms with E-state index in [0.717, 1.165) is 55.1 Å². The number of piperidine rings is 1. The average molecular weight is 341 g/mol. The van der Waals surface area contributed by atoms with Gasteiger partial charge in [0.25, 0.3) is 0 Å². The van der Waals surface area contributed by atoms with Crippen LogP contribution in [0.3, 0.4) is 0 Å². The molecule has 0 spiro atoms. The van der Waals surface area contributed by atoms with Crippen molar-refractivity contribution in [2.24, 2.45) is 5.92 Å². The number of para-hydroxylation sites is 2. The molecule has 1 aromatic carbocycles. The average Bonchev–Trinajstić information content (AvgIpc) is 3.20. The standard InChI is InChI=1S/C18H23N5O2/c1-13-19-15-5-3-4-6-16(15)23(13)12-17-20-18(25-21-17)11-14-7-9-22(24-2)10-8-14/h3-6,14H,7-12H2,1-2H3. The van der Waals surface area contributed by atoms with Gasteiger partial charge in [-0.2, -0.15) is 10.0 Å². The van der Waals surface area contributed by atoms with Crippen molar-refractivity contribution < 1.29 is 9.36 Å². The predicted octanol–water partition coefficient (Wildman–Crippen LogP) is 2.59. The van der Waals surface area contributed by atoms with Crippen molar-refractivity contribution >= 4 is 11.0 Å². The summed E-state index contributed by atoms with van der Waals surface area (Å²) in [6.07, 6.45) is 3.03. The number of hydrogen-bond donors (Lipinski definition) is 0. The minimum atomic E-state index is 0.579. The van der Waals surface area contributed by atoms with Crippen molar-refractivity contribution in [2.45, 2.75) is 32.7 Å². The van der Waals surface area contributed by atoms with Gasteiger partial charge in [0, 0.05) is 19.5 Å². The van der Waals surface area contributed by atoms with E-state index >= 15 is 0 Å². The van der Waals surface area contributed by atoms with E-state index in [0.29, 0.717) is 18.3 Å². The van der Waals surface area contributed by atoms with Gasteiger partial charge in [-0.05, 0) is 37.8 Å². The molecule has 0 saturated carbocycles. The molecular formula is C18H23N5O2. The quantitative estimate of drug-likeness (QED) is 0.710. The van der Waals surface area contributed by atoms with Crippen molar-refractivity contribution in [1.29, 1.82) is 0 Å². The topological polar surface area (TPSA) is 69.2 Å². The van der Waals surface area contributed by atoms with Crippen LogP contribution in [0.2, 0.25) is 0 Å². The third-order valence-corrected chi connectivity index (χ3v) is 4.95. The number of benzene rings is 1. The Morgan fingerprint density at radius 1 is 1.20 bits per heavy atom. The van der Waals surface area contributed by atoms with Crippen molar-refractivity contribution in [3.63, 3.8) is 0 Å². The Morgan fingerprint density at radius 3 is 2.80 bits per heavy atom. The van der Waals surface area contributed by atoms with E-state index in [1.54, 1.807) is 7.11 Å². The molecule has 7 heteroatoms. The lowest BCUT2D eigenvalue weighted by Crippen LogP contribution is -2.33. The molecule has 1 aliphatic heterocycles. The summed E-state index contributed by atoms with van der Waals surface area (Å²) in [7, 11) is 1.73. The van der Waals surface area contributed by atoms with Crippen LogP contribution >= 0.6 is 0 Å². The highest BCUT2D eigenvalue weighted by Crippen LogP contribution is 2.21. The van der Waals surface area contributed by atoms with Gasteiger partial charge >= 0.3 is 0 Å². The molecule has 0 unspecified atom stereocenters. The van der Waals surface area contributed by atoms with Crippen LogP contribution in [0.25, 0.3) is 11.0 Å². The number of aromatic nitrogens is 4. The number of aryl methyl sites for hydroxylation is 1. The fourth-order valence-corrected chi connectivity index (χ4v) is 3.52. The first-order valence-electron chi connectivity index (χ1n) is 8.75. The smallest absolute Gasteiger partial charge is 0.226 e. The van der Waals surface area contributed by atoms with Crippen molar-refractivity contribution in [1.82, 2.24) is 24.8 Å². The summed E-state index contributed by atoms with van der Waals surface area (Å²) in [5.41, 5.74) is 2.09. The van der Waals surface area contributed by atoms with Gasteiger partial charge in [0.05, 0.1) is 24.7 Å². The highest BCUT2D eigenvalue weighted by Gasteiger charge is 2.22. The zero-order chi connectivity index (χ0) is 17.2. The van der Waals surface area contributed by atoms with Crippen LogP contribution in [0.4, 0.5) is 0 Å². The second kappa shape index (κ2) is 6.93. The summed E-state index contributed by atoms with van der Waals surface area (Å²) in [6, 6.07) is 8.11. The molecule has 0 amide bonds. The first-order valence-corrected chi connectivity index (χ1v) is 8.75. The molecule has 0 radical (unpaired) electrons. The number of nitrogens with zero attached hydrogens (tertiary/aromatic N) is 5. The van der Waals surface area contributed by atoms with Crippen molar-refractivity contribution in [3.05, 3.63) is 41.8 Å². The molecular weight excluding hydrogens is 318 g/mol. The van der Waals surface area contributed by atoms with Crippen LogP contribution in [0.1, 0.15) is 30.4 Å². The lowest BCUT2D eigenvalue weighted by atomic mass is 9.94. The summed E-state index contributed by atoms with van der Waals surface area (Å²) < 4.78 is 7.61. The maximum atomic E-state index is 5.48. The largest absolute Gasteiger partial charge is 0.339 e. The Labute approximate surface area is 146 Å². The summed E-state index contributed by atoms with van der Waals surface area (Å²) >= 11 is 0. The van der Waals surface area contributed by atoms with Crippen LogP contribution in [0.5, 0.6) is 0 Å². The van der Waals surface area contributed by atoms with Gasteiger partial charge in [-0.25, -0.2) is 4.98 Å². The molecule has 4 rings (SSSR count). The van der Waals surface area contributed by atoms with E-state index in [9.17, 15) is 0 Å². The van der Waals surface area contributed by atoms with Crippen LogP contribution in [0.15, 0.2) is 28.8 Å². The van der Waals surface area contributed by atoms with Gasteiger partial charge in [-0.1, -0.05) is 17.3 Å². The third kappa shape index (κ3) is 3.43. The third-order valence-electron chi connectivity index (χ3n) is 4.95. The Bertz CT molecular complexity index is 848. The summed E-state index contributed by atoms with van der Waals surface area (Å²) in [5, 5.41) is 6.17. The van der Waals surface area contributed by atoms with Gasteiger partial charge in [-0.15, -0.1) is 0 Å². The Kier molecular flexibility index (Phi) is 4.50. The Balaban J connectivity index is 1.44. The van der Waals surface area contributed by atoms with Crippen molar-refractivity contribution in [2.75, 3.05) is 20.2 Å². The maximum absolute atomic E-state index is 5.48. The van der Waals surface area contributed by atoms with Gasteiger partial charge in [0.2, 0.25) is 5.89 Å². The molecule has 1 aliphatic rings. The first-order chi connectivity index (χ1) is 12.2. The normalized spacial score (nSPS) is 16.7. The van der Waals surface area contributed by atoms with Crippen molar-refractivity contribution in [3.8, 4) is 0 Å². The molecule has 3 aromatic rings. The molecule has 1 saturated heterocycles. The van der Waals surface area contributed by atoms with E-state index < -0.39 is 0 Å². The minimum Gasteiger partial charge on any atom is -0.339 e. The number of imidazole rings is 1. The SMILES string of the molecule is CON1CCC(Cc2nc(Cn3c(C)nc4ccccc43)no2)CC1. The fourth-order valence-electron chi connectivity index (χ4n) is 3.52. The molecule has 1 fully saturated rings. The first kappa shape index (κ1) is 16.2. The van der Waals surface area contributed by atoms with Crippen LogP contribution in [-0.2, 0) is 17.8 Å². The summed E-state index contributed by atoms with van der Waals surface area (Å²) in [6.45, 7) is 4.51. The summed E-state index contributed by atoms with van der Waals surface area (Å²) in [4.78, 5) is 14.5. The van der Waals surface area contributed by atoms with Crippen LogP contribution in [-0.4, -0.2) is 45.0 Å². The molecule has 25 heavy (non-hydrogen) atoms. The van der Waals surface area contributed by atoms with E-state index in [4.69, 9.17) is 9.36 Å². The molecule has 3 heterocycles. The van der Waals surface area contributed by atoms with E-state index in [1.165, 1.54) is 0 Å². The van der Waals surface area contributed by atoms with E-state index in [1.807, 2.05) is 30.2 Å². The molecule has 0 aliphatic carbocycles. The highest BCUT2D eigenvalue weighted by molar-refractivity contribution is 5.75. The van der Waals surface area contributed by atoms with Gasteiger partial charge in [0.1, 0.15) is 5.82 Å². The highest BCUT2D eigenvalue weighted by atomic mass is 16.7. The molecule has 132 valence electrons. The number of hydroxylamine groups is 2. The van der Waals surface area contributed by atoms with Crippen LogP contribution in [0, 0.1) is 12.8 Å². The van der Waals surface area contributed by atoms with Gasteiger partial charge in [-0.3, -0.25) is 0 Å². The molecule has 2 aromatic heterocycles. The van der Waals surface area contributed by atoms with Crippen LogP contribution < -0.4 is 0 Å². The second-order valence-corrected chi connectivity index (χ2v) is 6.60. The van der Waals surface area contributed by atoms with E-state index in [2.05, 4.69) is 25.8 Å². The van der Waals surface area contributed by atoms with Gasteiger partial charge in [0.15, 0.2) is 5.82 Å². The number of hydrogen-bond acceptors (Lipinski definition) is 6. The maximum Gasteiger partial charge on any atom is 0.226 e. The lowest BCUT2D eigenvalue weighted by Gasteiger charge is -2.29. The Morgan fingerprint density at radius 2 is 2.00 bits per heavy atom. The Hall–Kier alpha value is -2.25. The van der Waals surface area contributed by atoms with E-state index in [-0.39, 0.29) is 0 Å². The second-order valence-electron chi connectivity index (χ2n) is 6.60. The molecule has 0 N–H and O–H groups in total.